The van der Waals surface area contributed by atoms with Crippen molar-refractivity contribution in [3.05, 3.63) is 47.5 Å². The van der Waals surface area contributed by atoms with Crippen LogP contribution >= 0.6 is 0 Å². The van der Waals surface area contributed by atoms with E-state index in [4.69, 9.17) is 4.74 Å². The van der Waals surface area contributed by atoms with Crippen molar-refractivity contribution < 1.29 is 23.9 Å². The van der Waals surface area contributed by atoms with Gasteiger partial charge in [-0.25, -0.2) is 4.79 Å². The summed E-state index contributed by atoms with van der Waals surface area (Å²) in [6.07, 6.45) is 4.43. The molecule has 7 nitrogen and oxygen atoms in total. The van der Waals surface area contributed by atoms with E-state index in [9.17, 15) is 19.2 Å². The molecule has 1 aromatic carbocycles. The number of esters is 1. The van der Waals surface area contributed by atoms with Gasteiger partial charge in [0.15, 0.2) is 6.61 Å². The Hall–Kier alpha value is -2.96. The van der Waals surface area contributed by atoms with Crippen LogP contribution in [0, 0.1) is 5.92 Å². The quantitative estimate of drug-likeness (QED) is 0.370. The van der Waals surface area contributed by atoms with Crippen molar-refractivity contribution in [1.29, 1.82) is 0 Å². The number of hydrogen-bond donors (Lipinski definition) is 1. The molecule has 0 radical (unpaired) electrons. The largest absolute Gasteiger partial charge is 0.452 e. The van der Waals surface area contributed by atoms with E-state index in [1.54, 1.807) is 0 Å². The van der Waals surface area contributed by atoms with E-state index in [-0.39, 0.29) is 35.2 Å². The van der Waals surface area contributed by atoms with Crippen molar-refractivity contribution in [2.75, 3.05) is 13.2 Å². The molecular formula is C22H28N2O5. The average molecular weight is 400 g/mol. The number of nitrogens with zero attached hydrogens (tertiary/aromatic N) is 1. The first-order chi connectivity index (χ1) is 13.7. The predicted molar refractivity (Wildman–Crippen MR) is 109 cm³/mol. The summed E-state index contributed by atoms with van der Waals surface area (Å²) >= 11 is 0. The van der Waals surface area contributed by atoms with Crippen LogP contribution in [0.5, 0.6) is 0 Å². The fourth-order valence-electron chi connectivity index (χ4n) is 3.15. The molecule has 0 bridgehead atoms. The van der Waals surface area contributed by atoms with Gasteiger partial charge in [-0.2, -0.15) is 0 Å². The standard InChI is InChI=1S/C22H28N2O5/c1-5-11-24-20(26)17-10-9-16(12-18(17)21(24)27)22(28)29-13-19(25)23-15(4)8-6-7-14(2)3/h5,9-10,12,14-15H,1,6-8,11,13H2,2-4H3,(H,23,25)/t15-/m1/s1. The first-order valence-corrected chi connectivity index (χ1v) is 9.82. The van der Waals surface area contributed by atoms with Gasteiger partial charge in [0.1, 0.15) is 0 Å². The highest BCUT2D eigenvalue weighted by atomic mass is 16.5. The second-order valence-corrected chi connectivity index (χ2v) is 7.64. The summed E-state index contributed by atoms with van der Waals surface area (Å²) < 4.78 is 5.05. The van der Waals surface area contributed by atoms with Crippen molar-refractivity contribution >= 4 is 23.7 Å². The Bertz CT molecular complexity index is 815. The smallest absolute Gasteiger partial charge is 0.338 e. The van der Waals surface area contributed by atoms with Crippen LogP contribution in [-0.4, -0.2) is 47.8 Å². The van der Waals surface area contributed by atoms with Crippen LogP contribution in [0.25, 0.3) is 0 Å². The minimum Gasteiger partial charge on any atom is -0.452 e. The van der Waals surface area contributed by atoms with Gasteiger partial charge in [0.05, 0.1) is 16.7 Å². The molecule has 0 aliphatic carbocycles. The van der Waals surface area contributed by atoms with Crippen molar-refractivity contribution in [3.63, 3.8) is 0 Å². The number of rotatable bonds is 10. The molecule has 0 saturated carbocycles. The first-order valence-electron chi connectivity index (χ1n) is 9.82. The Morgan fingerprint density at radius 3 is 2.48 bits per heavy atom. The topological polar surface area (TPSA) is 92.8 Å². The highest BCUT2D eigenvalue weighted by molar-refractivity contribution is 6.22. The zero-order chi connectivity index (χ0) is 21.6. The molecule has 1 atom stereocenters. The van der Waals surface area contributed by atoms with E-state index in [1.165, 1.54) is 24.3 Å². The second-order valence-electron chi connectivity index (χ2n) is 7.64. The van der Waals surface area contributed by atoms with Crippen molar-refractivity contribution in [1.82, 2.24) is 10.2 Å². The monoisotopic (exact) mass is 400 g/mol. The lowest BCUT2D eigenvalue weighted by Crippen LogP contribution is -2.35. The normalized spacial score (nSPS) is 14.0. The maximum Gasteiger partial charge on any atom is 0.338 e. The summed E-state index contributed by atoms with van der Waals surface area (Å²) in [4.78, 5) is 49.8. The third kappa shape index (κ3) is 5.76. The lowest BCUT2D eigenvalue weighted by Gasteiger charge is -2.14. The minimum atomic E-state index is -0.724. The SMILES string of the molecule is C=CCN1C(=O)c2ccc(C(=O)OCC(=O)N[C@H](C)CCCC(C)C)cc2C1=O. The van der Waals surface area contributed by atoms with Gasteiger partial charge in [-0.15, -0.1) is 6.58 Å². The molecule has 1 N–H and O–H groups in total. The molecule has 156 valence electrons. The number of carbonyl (C=O) groups excluding carboxylic acids is 4. The van der Waals surface area contributed by atoms with Gasteiger partial charge in [-0.1, -0.05) is 32.8 Å². The van der Waals surface area contributed by atoms with E-state index in [0.717, 1.165) is 24.2 Å². The van der Waals surface area contributed by atoms with Gasteiger partial charge in [0, 0.05) is 12.6 Å². The number of amides is 3. The molecule has 0 unspecified atom stereocenters. The summed E-state index contributed by atoms with van der Waals surface area (Å²) in [5, 5.41) is 2.80. The predicted octanol–water partition coefficient (Wildman–Crippen LogP) is 2.96. The van der Waals surface area contributed by atoms with Crippen molar-refractivity contribution in [2.24, 2.45) is 5.92 Å². The van der Waals surface area contributed by atoms with Gasteiger partial charge >= 0.3 is 5.97 Å². The number of hydrogen-bond acceptors (Lipinski definition) is 5. The Balaban J connectivity index is 1.89. The fraction of sp³-hybridized carbons (Fsp3) is 0.455. The molecule has 0 spiro atoms. The van der Waals surface area contributed by atoms with Crippen LogP contribution in [0.3, 0.4) is 0 Å². The minimum absolute atomic E-state index is 0.000534. The lowest BCUT2D eigenvalue weighted by atomic mass is 10.0. The Kier molecular flexibility index (Phi) is 7.70. The molecule has 0 saturated heterocycles. The molecule has 1 heterocycles. The lowest BCUT2D eigenvalue weighted by molar-refractivity contribution is -0.124. The molecule has 0 fully saturated rings. The summed E-state index contributed by atoms with van der Waals surface area (Å²) in [5.41, 5.74) is 0.499. The van der Waals surface area contributed by atoms with Gasteiger partial charge in [-0.3, -0.25) is 19.3 Å². The van der Waals surface area contributed by atoms with E-state index >= 15 is 0 Å². The number of imide groups is 1. The highest BCUT2D eigenvalue weighted by Gasteiger charge is 2.35. The van der Waals surface area contributed by atoms with Crippen molar-refractivity contribution in [3.8, 4) is 0 Å². The fourth-order valence-corrected chi connectivity index (χ4v) is 3.15. The molecule has 0 aromatic heterocycles. The zero-order valence-corrected chi connectivity index (χ0v) is 17.2. The maximum absolute atomic E-state index is 12.3. The number of nitrogens with one attached hydrogen (secondary N) is 1. The molecule has 1 aromatic rings. The van der Waals surface area contributed by atoms with E-state index in [1.807, 2.05) is 6.92 Å². The van der Waals surface area contributed by atoms with Crippen molar-refractivity contribution in [2.45, 2.75) is 46.1 Å². The number of ether oxygens (including phenoxy) is 1. The molecule has 1 aliphatic heterocycles. The summed E-state index contributed by atoms with van der Waals surface area (Å²) in [6, 6.07) is 4.16. The number of benzene rings is 1. The molecule has 29 heavy (non-hydrogen) atoms. The van der Waals surface area contributed by atoms with Crippen LogP contribution in [0.15, 0.2) is 30.9 Å². The van der Waals surface area contributed by atoms with Gasteiger partial charge < -0.3 is 10.1 Å². The summed E-state index contributed by atoms with van der Waals surface area (Å²) in [5.74, 6) is -1.38. The van der Waals surface area contributed by atoms with Crippen LogP contribution in [-0.2, 0) is 9.53 Å². The van der Waals surface area contributed by atoms with Crippen LogP contribution in [0.1, 0.15) is 71.1 Å². The third-order valence-corrected chi connectivity index (χ3v) is 4.68. The molecule has 7 heteroatoms. The Morgan fingerprint density at radius 1 is 1.14 bits per heavy atom. The summed E-state index contributed by atoms with van der Waals surface area (Å²) in [6.45, 7) is 9.45. The van der Waals surface area contributed by atoms with Gasteiger partial charge in [-0.05, 0) is 37.5 Å². The maximum atomic E-state index is 12.3. The van der Waals surface area contributed by atoms with E-state index in [0.29, 0.717) is 5.92 Å². The summed E-state index contributed by atoms with van der Waals surface area (Å²) in [7, 11) is 0. The van der Waals surface area contributed by atoms with Crippen LogP contribution in [0.4, 0.5) is 0 Å². The number of fused-ring (bicyclic) bond motifs is 1. The highest BCUT2D eigenvalue weighted by Crippen LogP contribution is 2.24. The van der Waals surface area contributed by atoms with E-state index < -0.39 is 24.4 Å². The zero-order valence-electron chi connectivity index (χ0n) is 17.2. The van der Waals surface area contributed by atoms with Gasteiger partial charge in [0.2, 0.25) is 0 Å². The second kappa shape index (κ2) is 10.0. The number of carbonyl (C=O) groups is 4. The van der Waals surface area contributed by atoms with Crippen LogP contribution < -0.4 is 5.32 Å². The average Bonchev–Trinajstić information content (AvgIpc) is 2.90. The molecule has 2 rings (SSSR count). The molecular weight excluding hydrogens is 372 g/mol. The Labute approximate surface area is 171 Å². The molecule has 3 amide bonds. The Morgan fingerprint density at radius 2 is 1.83 bits per heavy atom. The van der Waals surface area contributed by atoms with E-state index in [2.05, 4.69) is 25.7 Å². The molecule has 1 aliphatic rings. The van der Waals surface area contributed by atoms with Gasteiger partial charge in [0.25, 0.3) is 17.7 Å². The third-order valence-electron chi connectivity index (χ3n) is 4.68. The van der Waals surface area contributed by atoms with Crippen LogP contribution in [0.2, 0.25) is 0 Å². The first kappa shape index (κ1) is 22.3.